The molecule has 14 heavy (non-hydrogen) atoms. The van der Waals surface area contributed by atoms with E-state index in [0.717, 1.165) is 5.56 Å². The molecule has 0 N–H and O–H groups in total. The van der Waals surface area contributed by atoms with Gasteiger partial charge in [-0.05, 0) is 24.1 Å². The van der Waals surface area contributed by atoms with Crippen LogP contribution in [0.3, 0.4) is 0 Å². The summed E-state index contributed by atoms with van der Waals surface area (Å²) in [7, 11) is 1.63. The zero-order chi connectivity index (χ0) is 9.97. The van der Waals surface area contributed by atoms with Crippen molar-refractivity contribution in [3.05, 3.63) is 29.5 Å². The van der Waals surface area contributed by atoms with E-state index >= 15 is 0 Å². The van der Waals surface area contributed by atoms with Crippen LogP contribution in [0.5, 0.6) is 5.88 Å². The van der Waals surface area contributed by atoms with Gasteiger partial charge in [0.25, 0.3) is 0 Å². The van der Waals surface area contributed by atoms with Crippen molar-refractivity contribution in [2.45, 2.75) is 13.5 Å². The van der Waals surface area contributed by atoms with Crippen molar-refractivity contribution < 1.29 is 9.47 Å². The maximum Gasteiger partial charge on any atom is 0.219 e. The number of hydrogen-bond acceptors (Lipinski definition) is 3. The number of nitrogens with zero attached hydrogens (tertiary/aromatic N) is 1. The maximum absolute atomic E-state index is 5.45. The molecule has 0 bridgehead atoms. The molecule has 3 heteroatoms. The van der Waals surface area contributed by atoms with Gasteiger partial charge in [-0.3, -0.25) is 0 Å². The highest BCUT2D eigenvalue weighted by atomic mass is 16.5. The quantitative estimate of drug-likeness (QED) is 0.680. The van der Waals surface area contributed by atoms with E-state index < -0.39 is 0 Å². The highest BCUT2D eigenvalue weighted by Crippen LogP contribution is 2.30. The first-order valence-electron chi connectivity index (χ1n) is 4.62. The topological polar surface area (TPSA) is 31.4 Å². The van der Waals surface area contributed by atoms with Crippen molar-refractivity contribution in [2.24, 2.45) is 0 Å². The fourth-order valence-electron chi connectivity index (χ4n) is 1.67. The summed E-state index contributed by atoms with van der Waals surface area (Å²) in [5.41, 5.74) is 3.45. The van der Waals surface area contributed by atoms with Crippen molar-refractivity contribution in [3.8, 4) is 5.88 Å². The van der Waals surface area contributed by atoms with Gasteiger partial charge in [-0.2, -0.15) is 0 Å². The molecule has 0 aliphatic carbocycles. The third-order valence-electron chi connectivity index (χ3n) is 2.41. The minimum absolute atomic E-state index is 0.587. The Morgan fingerprint density at radius 3 is 3.07 bits per heavy atom. The van der Waals surface area contributed by atoms with Crippen molar-refractivity contribution in [1.29, 1.82) is 0 Å². The van der Waals surface area contributed by atoms with Crippen molar-refractivity contribution in [1.82, 2.24) is 4.98 Å². The van der Waals surface area contributed by atoms with E-state index in [9.17, 15) is 0 Å². The first kappa shape index (κ1) is 9.21. The molecule has 1 aromatic heterocycles. The lowest BCUT2D eigenvalue weighted by atomic mass is 10.00. The summed E-state index contributed by atoms with van der Waals surface area (Å²) < 4.78 is 10.6. The smallest absolute Gasteiger partial charge is 0.219 e. The van der Waals surface area contributed by atoms with Gasteiger partial charge >= 0.3 is 0 Å². The van der Waals surface area contributed by atoms with Crippen molar-refractivity contribution in [2.75, 3.05) is 13.7 Å². The monoisotopic (exact) mass is 191 g/mol. The average Bonchev–Trinajstić information content (AvgIpc) is 2.27. The molecule has 0 fully saturated rings. The molecular formula is C11H13NO2. The minimum atomic E-state index is 0.587. The SMILES string of the molecule is C/C=C1\COCc2c1ccnc2OC. The second kappa shape index (κ2) is 3.80. The highest BCUT2D eigenvalue weighted by Gasteiger charge is 2.18. The predicted molar refractivity (Wildman–Crippen MR) is 54.1 cm³/mol. The van der Waals surface area contributed by atoms with E-state index in [1.54, 1.807) is 13.3 Å². The zero-order valence-corrected chi connectivity index (χ0v) is 8.41. The molecule has 0 radical (unpaired) electrons. The van der Waals surface area contributed by atoms with Gasteiger partial charge in [0, 0.05) is 11.8 Å². The molecule has 1 aromatic rings. The van der Waals surface area contributed by atoms with Gasteiger partial charge < -0.3 is 9.47 Å². The summed E-state index contributed by atoms with van der Waals surface area (Å²) in [6.45, 7) is 3.28. The highest BCUT2D eigenvalue weighted by molar-refractivity contribution is 5.70. The fourth-order valence-corrected chi connectivity index (χ4v) is 1.67. The van der Waals surface area contributed by atoms with Crippen LogP contribution >= 0.6 is 0 Å². The third kappa shape index (κ3) is 1.40. The van der Waals surface area contributed by atoms with Crippen LogP contribution in [0, 0.1) is 0 Å². The Morgan fingerprint density at radius 1 is 1.50 bits per heavy atom. The Balaban J connectivity index is 2.55. The summed E-state index contributed by atoms with van der Waals surface area (Å²) >= 11 is 0. The molecule has 2 heterocycles. The van der Waals surface area contributed by atoms with Crippen LogP contribution in [-0.4, -0.2) is 18.7 Å². The summed E-state index contributed by atoms with van der Waals surface area (Å²) in [5, 5.41) is 0. The summed E-state index contributed by atoms with van der Waals surface area (Å²) in [5.74, 6) is 0.668. The van der Waals surface area contributed by atoms with E-state index in [1.165, 1.54) is 11.1 Å². The Labute approximate surface area is 83.4 Å². The molecule has 0 saturated carbocycles. The lowest BCUT2D eigenvalue weighted by molar-refractivity contribution is 0.142. The Morgan fingerprint density at radius 2 is 2.36 bits per heavy atom. The normalized spacial score (nSPS) is 18.0. The van der Waals surface area contributed by atoms with E-state index in [2.05, 4.69) is 11.1 Å². The number of hydrogen-bond donors (Lipinski definition) is 0. The molecule has 3 nitrogen and oxygen atoms in total. The lowest BCUT2D eigenvalue weighted by Crippen LogP contribution is -2.11. The summed E-state index contributed by atoms with van der Waals surface area (Å²) in [4.78, 5) is 4.15. The van der Waals surface area contributed by atoms with Gasteiger partial charge in [-0.1, -0.05) is 6.08 Å². The van der Waals surface area contributed by atoms with Gasteiger partial charge in [0.2, 0.25) is 5.88 Å². The number of allylic oxidation sites excluding steroid dienone is 1. The maximum atomic E-state index is 5.45. The molecule has 1 aliphatic rings. The molecular weight excluding hydrogens is 178 g/mol. The molecule has 2 rings (SSSR count). The van der Waals surface area contributed by atoms with Crippen molar-refractivity contribution in [3.63, 3.8) is 0 Å². The number of ether oxygens (including phenoxy) is 2. The fraction of sp³-hybridized carbons (Fsp3) is 0.364. The van der Waals surface area contributed by atoms with Gasteiger partial charge in [-0.25, -0.2) is 4.98 Å². The largest absolute Gasteiger partial charge is 0.481 e. The molecule has 74 valence electrons. The minimum Gasteiger partial charge on any atom is -0.481 e. The number of methoxy groups -OCH3 is 1. The average molecular weight is 191 g/mol. The number of pyridine rings is 1. The lowest BCUT2D eigenvalue weighted by Gasteiger charge is -2.20. The zero-order valence-electron chi connectivity index (χ0n) is 8.41. The van der Waals surface area contributed by atoms with E-state index in [0.29, 0.717) is 19.1 Å². The van der Waals surface area contributed by atoms with E-state index in [1.807, 2.05) is 13.0 Å². The Bertz CT molecular complexity index is 372. The van der Waals surface area contributed by atoms with Crippen LogP contribution in [0.15, 0.2) is 18.3 Å². The van der Waals surface area contributed by atoms with Crippen LogP contribution in [0.2, 0.25) is 0 Å². The second-order valence-corrected chi connectivity index (χ2v) is 3.15. The summed E-state index contributed by atoms with van der Waals surface area (Å²) in [6.07, 6.45) is 3.84. The predicted octanol–water partition coefficient (Wildman–Crippen LogP) is 2.02. The first-order valence-corrected chi connectivity index (χ1v) is 4.62. The van der Waals surface area contributed by atoms with Crippen LogP contribution in [0.4, 0.5) is 0 Å². The standard InChI is InChI=1S/C11H13NO2/c1-3-8-6-14-7-10-9(8)4-5-12-11(10)13-2/h3-5H,6-7H2,1-2H3/b8-3+. The van der Waals surface area contributed by atoms with Gasteiger partial charge in [0.15, 0.2) is 0 Å². The number of fused-ring (bicyclic) bond motifs is 1. The molecule has 1 aliphatic heterocycles. The Hall–Kier alpha value is -1.35. The van der Waals surface area contributed by atoms with Crippen LogP contribution in [0.1, 0.15) is 18.1 Å². The van der Waals surface area contributed by atoms with E-state index in [-0.39, 0.29) is 0 Å². The van der Waals surface area contributed by atoms with Gasteiger partial charge in [0.05, 0.1) is 20.3 Å². The van der Waals surface area contributed by atoms with Crippen LogP contribution in [-0.2, 0) is 11.3 Å². The Kier molecular flexibility index (Phi) is 2.50. The van der Waals surface area contributed by atoms with Crippen LogP contribution < -0.4 is 4.74 Å². The number of rotatable bonds is 1. The van der Waals surface area contributed by atoms with Crippen molar-refractivity contribution >= 4 is 5.57 Å². The number of aromatic nitrogens is 1. The van der Waals surface area contributed by atoms with Gasteiger partial charge in [0.1, 0.15) is 0 Å². The molecule has 0 spiro atoms. The van der Waals surface area contributed by atoms with Gasteiger partial charge in [-0.15, -0.1) is 0 Å². The summed E-state index contributed by atoms with van der Waals surface area (Å²) in [6, 6.07) is 2.01. The molecule has 0 amide bonds. The second-order valence-electron chi connectivity index (χ2n) is 3.15. The molecule has 0 unspecified atom stereocenters. The third-order valence-corrected chi connectivity index (χ3v) is 2.41. The van der Waals surface area contributed by atoms with Crippen LogP contribution in [0.25, 0.3) is 5.57 Å². The molecule has 0 saturated heterocycles. The molecule has 0 atom stereocenters. The first-order chi connectivity index (χ1) is 6.86. The molecule has 0 aromatic carbocycles. The van der Waals surface area contributed by atoms with E-state index in [4.69, 9.17) is 9.47 Å².